The molecule has 0 aromatic rings. The molecule has 2 nitrogen and oxygen atoms in total. The van der Waals surface area contributed by atoms with Crippen molar-refractivity contribution in [2.45, 2.75) is 6.92 Å². The highest BCUT2D eigenvalue weighted by Crippen LogP contribution is 1.89. The Morgan fingerprint density at radius 1 is 1.88 bits per heavy atom. The van der Waals surface area contributed by atoms with E-state index < -0.39 is 0 Å². The van der Waals surface area contributed by atoms with Crippen LogP contribution in [0.4, 0.5) is 0 Å². The molecule has 8 heavy (non-hydrogen) atoms. The predicted octanol–water partition coefficient (Wildman–Crippen LogP) is 0.340. The molecule has 0 fully saturated rings. The fraction of sp³-hybridized carbons (Fsp3) is 0.500. The number of hydrogen-bond acceptors (Lipinski definition) is 2. The van der Waals surface area contributed by atoms with Crippen molar-refractivity contribution in [2.75, 3.05) is 6.61 Å². The fourth-order valence-corrected chi connectivity index (χ4v) is 0.207. The molecule has 1 radical (unpaired) electrons. The first-order valence-corrected chi connectivity index (χ1v) is 2.26. The molecule has 0 saturated carbocycles. The minimum atomic E-state index is -0.00329. The Balaban J connectivity index is 3.14. The van der Waals surface area contributed by atoms with Crippen LogP contribution in [0.2, 0.25) is 0 Å². The number of carbonyl (C=O) groups excluding carboxylic acids is 1. The van der Waals surface area contributed by atoms with Gasteiger partial charge in [0.1, 0.15) is 6.61 Å². The zero-order valence-electron chi connectivity index (χ0n) is 4.68. The summed E-state index contributed by atoms with van der Waals surface area (Å²) >= 11 is 0. The lowest BCUT2D eigenvalue weighted by Gasteiger charge is -1.97. The van der Waals surface area contributed by atoms with Crippen LogP contribution in [0.15, 0.2) is 0 Å². The van der Waals surface area contributed by atoms with Crippen molar-refractivity contribution in [2.24, 2.45) is 5.92 Å². The molecule has 0 bridgehead atoms. The topological polar surface area (TPSA) is 26.3 Å². The molecule has 43 valence electrons. The molecule has 0 amide bonds. The maximum atomic E-state index is 9.41. The molecule has 0 spiro atoms. The SMILES string of the molecule is C#CC(C)CO[C]=O. The van der Waals surface area contributed by atoms with Gasteiger partial charge in [0.25, 0.3) is 0 Å². The van der Waals surface area contributed by atoms with E-state index in [0.29, 0.717) is 0 Å². The van der Waals surface area contributed by atoms with Crippen molar-refractivity contribution in [1.82, 2.24) is 0 Å². The molecular formula is C6H7O2. The fourth-order valence-electron chi connectivity index (χ4n) is 0.207. The summed E-state index contributed by atoms with van der Waals surface area (Å²) in [6.07, 6.45) is 4.95. The van der Waals surface area contributed by atoms with E-state index in [0.717, 1.165) is 0 Å². The van der Waals surface area contributed by atoms with Crippen LogP contribution in [0, 0.1) is 18.3 Å². The Labute approximate surface area is 48.8 Å². The highest BCUT2D eigenvalue weighted by molar-refractivity contribution is 5.38. The number of ether oxygens (including phenoxy) is 1. The van der Waals surface area contributed by atoms with E-state index in [1.54, 1.807) is 6.92 Å². The summed E-state index contributed by atoms with van der Waals surface area (Å²) in [5.74, 6) is 2.39. The van der Waals surface area contributed by atoms with E-state index >= 15 is 0 Å². The van der Waals surface area contributed by atoms with Gasteiger partial charge >= 0.3 is 6.47 Å². The van der Waals surface area contributed by atoms with Gasteiger partial charge < -0.3 is 4.74 Å². The van der Waals surface area contributed by atoms with Crippen LogP contribution in [0.25, 0.3) is 0 Å². The molecule has 1 atom stereocenters. The Morgan fingerprint density at radius 3 is 2.88 bits per heavy atom. The summed E-state index contributed by atoms with van der Waals surface area (Å²) < 4.78 is 4.24. The maximum absolute atomic E-state index is 9.41. The maximum Gasteiger partial charge on any atom is 0.417 e. The van der Waals surface area contributed by atoms with E-state index in [4.69, 9.17) is 6.42 Å². The molecule has 0 aliphatic rings. The van der Waals surface area contributed by atoms with Crippen molar-refractivity contribution >= 4 is 6.47 Å². The van der Waals surface area contributed by atoms with E-state index in [1.807, 2.05) is 0 Å². The first kappa shape index (κ1) is 7.03. The van der Waals surface area contributed by atoms with Gasteiger partial charge in [0.05, 0.1) is 5.92 Å². The second-order valence-corrected chi connectivity index (χ2v) is 1.46. The van der Waals surface area contributed by atoms with Crippen LogP contribution in [-0.4, -0.2) is 13.1 Å². The van der Waals surface area contributed by atoms with Gasteiger partial charge in [-0.15, -0.1) is 12.3 Å². The minimum absolute atomic E-state index is 0.00329. The van der Waals surface area contributed by atoms with Crippen LogP contribution in [0.1, 0.15) is 6.92 Å². The summed E-state index contributed by atoms with van der Waals surface area (Å²) in [6.45, 7) is 3.34. The summed E-state index contributed by atoms with van der Waals surface area (Å²) in [6, 6.07) is 0. The minimum Gasteiger partial charge on any atom is -0.456 e. The number of hydrogen-bond donors (Lipinski definition) is 0. The van der Waals surface area contributed by atoms with Gasteiger partial charge in [-0.1, -0.05) is 0 Å². The zero-order valence-corrected chi connectivity index (χ0v) is 4.68. The lowest BCUT2D eigenvalue weighted by molar-refractivity contribution is 0.255. The van der Waals surface area contributed by atoms with E-state index in [-0.39, 0.29) is 12.5 Å². The van der Waals surface area contributed by atoms with Gasteiger partial charge in [-0.05, 0) is 6.92 Å². The molecule has 2 heteroatoms. The highest BCUT2D eigenvalue weighted by atomic mass is 16.5. The zero-order chi connectivity index (χ0) is 6.41. The molecule has 0 heterocycles. The third-order valence-corrected chi connectivity index (χ3v) is 0.677. The lowest BCUT2D eigenvalue weighted by atomic mass is 10.2. The second kappa shape index (κ2) is 4.20. The summed E-state index contributed by atoms with van der Waals surface area (Å²) in [5.41, 5.74) is 0. The van der Waals surface area contributed by atoms with Crippen LogP contribution in [0.5, 0.6) is 0 Å². The van der Waals surface area contributed by atoms with Crippen molar-refractivity contribution in [3.05, 3.63) is 0 Å². The number of rotatable bonds is 3. The second-order valence-electron chi connectivity index (χ2n) is 1.46. The Kier molecular flexibility index (Phi) is 3.69. The Bertz CT molecular complexity index is 102. The molecule has 0 aliphatic carbocycles. The third-order valence-electron chi connectivity index (χ3n) is 0.677. The predicted molar refractivity (Wildman–Crippen MR) is 29.6 cm³/mol. The molecule has 0 N–H and O–H groups in total. The molecular weight excluding hydrogens is 104 g/mol. The molecule has 0 aliphatic heterocycles. The summed E-state index contributed by atoms with van der Waals surface area (Å²) in [7, 11) is 0. The first-order chi connectivity index (χ1) is 3.81. The molecule has 0 saturated heterocycles. The van der Waals surface area contributed by atoms with Crippen molar-refractivity contribution in [3.63, 3.8) is 0 Å². The van der Waals surface area contributed by atoms with Crippen molar-refractivity contribution < 1.29 is 9.53 Å². The van der Waals surface area contributed by atoms with Gasteiger partial charge in [0, 0.05) is 0 Å². The quantitative estimate of drug-likeness (QED) is 0.491. The van der Waals surface area contributed by atoms with Gasteiger partial charge in [-0.2, -0.15) is 0 Å². The largest absolute Gasteiger partial charge is 0.456 e. The van der Waals surface area contributed by atoms with E-state index in [9.17, 15) is 4.79 Å². The standard InChI is InChI=1S/C6H7O2/c1-3-6(2)4-8-5-7/h1,6H,4H2,2H3. The van der Waals surface area contributed by atoms with Crippen LogP contribution in [0.3, 0.4) is 0 Å². The Hall–Kier alpha value is -0.970. The highest BCUT2D eigenvalue weighted by Gasteiger charge is 1.93. The van der Waals surface area contributed by atoms with Crippen LogP contribution >= 0.6 is 0 Å². The van der Waals surface area contributed by atoms with E-state index in [2.05, 4.69) is 10.7 Å². The van der Waals surface area contributed by atoms with Crippen LogP contribution < -0.4 is 0 Å². The molecule has 1 unspecified atom stereocenters. The summed E-state index contributed by atoms with van der Waals surface area (Å²) in [4.78, 5) is 9.41. The first-order valence-electron chi connectivity index (χ1n) is 2.26. The monoisotopic (exact) mass is 111 g/mol. The van der Waals surface area contributed by atoms with Crippen LogP contribution in [-0.2, 0) is 9.53 Å². The Morgan fingerprint density at radius 2 is 2.50 bits per heavy atom. The molecule has 0 rings (SSSR count). The number of terminal acetylenes is 1. The smallest absolute Gasteiger partial charge is 0.417 e. The van der Waals surface area contributed by atoms with Crippen molar-refractivity contribution in [1.29, 1.82) is 0 Å². The van der Waals surface area contributed by atoms with Crippen molar-refractivity contribution in [3.8, 4) is 12.3 Å². The normalized spacial score (nSPS) is 11.5. The molecule has 0 aromatic heterocycles. The van der Waals surface area contributed by atoms with Gasteiger partial charge in [0.2, 0.25) is 0 Å². The van der Waals surface area contributed by atoms with Gasteiger partial charge in [0.15, 0.2) is 0 Å². The summed E-state index contributed by atoms with van der Waals surface area (Å²) in [5, 5.41) is 0. The molecule has 0 aromatic carbocycles. The third kappa shape index (κ3) is 3.23. The van der Waals surface area contributed by atoms with Gasteiger partial charge in [-0.25, -0.2) is 4.79 Å². The van der Waals surface area contributed by atoms with E-state index in [1.165, 1.54) is 6.47 Å². The van der Waals surface area contributed by atoms with Gasteiger partial charge in [-0.3, -0.25) is 0 Å². The average Bonchev–Trinajstić information content (AvgIpc) is 1.83. The average molecular weight is 111 g/mol. The lowest BCUT2D eigenvalue weighted by Crippen LogP contribution is -2.00.